The lowest BCUT2D eigenvalue weighted by Crippen LogP contribution is -2.43. The van der Waals surface area contributed by atoms with Gasteiger partial charge in [0.05, 0.1) is 18.9 Å². The van der Waals surface area contributed by atoms with E-state index in [0.29, 0.717) is 19.8 Å². The molecule has 1 heterocycles. The van der Waals surface area contributed by atoms with Gasteiger partial charge in [0.15, 0.2) is 6.61 Å². The van der Waals surface area contributed by atoms with Crippen LogP contribution in [0.25, 0.3) is 0 Å². The summed E-state index contributed by atoms with van der Waals surface area (Å²) < 4.78 is 59.6. The fourth-order valence-corrected chi connectivity index (χ4v) is 2.05. The average Bonchev–Trinajstić information content (AvgIpc) is 2.47. The van der Waals surface area contributed by atoms with Crippen molar-refractivity contribution in [2.75, 3.05) is 31.7 Å². The van der Waals surface area contributed by atoms with Crippen LogP contribution >= 0.6 is 0 Å². The highest BCUT2D eigenvalue weighted by atomic mass is 19.4. The third-order valence-corrected chi connectivity index (χ3v) is 3.04. The summed E-state index contributed by atoms with van der Waals surface area (Å²) in [6.45, 7) is -0.0223. The lowest BCUT2D eigenvalue weighted by molar-refractivity contribution is -0.153. The summed E-state index contributed by atoms with van der Waals surface area (Å²) >= 11 is 0. The molecule has 1 fully saturated rings. The van der Waals surface area contributed by atoms with Crippen molar-refractivity contribution in [1.82, 2.24) is 5.32 Å². The number of anilines is 1. The van der Waals surface area contributed by atoms with E-state index in [2.05, 4.69) is 15.4 Å². The molecular formula is C14H16F4N2O3. The van der Waals surface area contributed by atoms with Crippen LogP contribution in [0.4, 0.5) is 23.2 Å². The molecule has 0 radical (unpaired) electrons. The Morgan fingerprint density at radius 2 is 2.22 bits per heavy atom. The van der Waals surface area contributed by atoms with Crippen molar-refractivity contribution in [3.05, 3.63) is 24.0 Å². The van der Waals surface area contributed by atoms with E-state index in [9.17, 15) is 22.4 Å². The summed E-state index contributed by atoms with van der Waals surface area (Å²) in [6, 6.07) is 2.80. The molecule has 9 heteroatoms. The van der Waals surface area contributed by atoms with E-state index >= 15 is 0 Å². The molecular weight excluding hydrogens is 320 g/mol. The van der Waals surface area contributed by atoms with Gasteiger partial charge in [0.2, 0.25) is 5.91 Å². The zero-order chi connectivity index (χ0) is 16.9. The molecule has 0 bridgehead atoms. The van der Waals surface area contributed by atoms with Crippen LogP contribution in [0.1, 0.15) is 6.42 Å². The van der Waals surface area contributed by atoms with E-state index in [-0.39, 0.29) is 23.9 Å². The molecule has 2 N–H and O–H groups in total. The Hall–Kier alpha value is -1.87. The molecule has 1 amide bonds. The Labute approximate surface area is 129 Å². The van der Waals surface area contributed by atoms with E-state index in [1.807, 2.05) is 0 Å². The number of morpholine rings is 1. The zero-order valence-corrected chi connectivity index (χ0v) is 12.1. The highest BCUT2D eigenvalue weighted by Gasteiger charge is 2.29. The predicted octanol–water partition coefficient (Wildman–Crippen LogP) is 2.08. The van der Waals surface area contributed by atoms with Gasteiger partial charge in [0, 0.05) is 25.1 Å². The number of carbonyl (C=O) groups is 1. The SMILES string of the molecule is O=C(CC1COCCN1)Nc1ccc(F)cc1OCC(F)(F)F. The normalized spacial score (nSPS) is 18.5. The van der Waals surface area contributed by atoms with Crippen molar-refractivity contribution in [1.29, 1.82) is 0 Å². The van der Waals surface area contributed by atoms with Crippen LogP contribution in [-0.2, 0) is 9.53 Å². The van der Waals surface area contributed by atoms with Gasteiger partial charge in [0.1, 0.15) is 11.6 Å². The monoisotopic (exact) mass is 336 g/mol. The van der Waals surface area contributed by atoms with E-state index in [0.717, 1.165) is 18.2 Å². The van der Waals surface area contributed by atoms with Crippen molar-refractivity contribution in [3.8, 4) is 5.75 Å². The molecule has 0 saturated carbocycles. The Kier molecular flexibility index (Phi) is 5.78. The minimum atomic E-state index is -4.56. The maximum absolute atomic E-state index is 13.2. The smallest absolute Gasteiger partial charge is 0.422 e. The number of halogens is 4. The van der Waals surface area contributed by atoms with Gasteiger partial charge in [-0.1, -0.05) is 0 Å². The maximum atomic E-state index is 13.2. The van der Waals surface area contributed by atoms with Crippen molar-refractivity contribution in [2.24, 2.45) is 0 Å². The minimum absolute atomic E-state index is 0.0163. The first-order chi connectivity index (χ1) is 10.8. The Morgan fingerprint density at radius 3 is 2.87 bits per heavy atom. The van der Waals surface area contributed by atoms with Gasteiger partial charge in [-0.2, -0.15) is 13.2 Å². The van der Waals surface area contributed by atoms with Gasteiger partial charge in [0.25, 0.3) is 0 Å². The van der Waals surface area contributed by atoms with Crippen LogP contribution in [0.3, 0.4) is 0 Å². The highest BCUT2D eigenvalue weighted by molar-refractivity contribution is 5.92. The summed E-state index contributed by atoms with van der Waals surface area (Å²) in [4.78, 5) is 11.9. The number of hydrogen-bond acceptors (Lipinski definition) is 4. The quantitative estimate of drug-likeness (QED) is 0.809. The van der Waals surface area contributed by atoms with Gasteiger partial charge >= 0.3 is 6.18 Å². The molecule has 23 heavy (non-hydrogen) atoms. The molecule has 1 atom stereocenters. The number of alkyl halides is 3. The van der Waals surface area contributed by atoms with Crippen molar-refractivity contribution < 1.29 is 31.8 Å². The van der Waals surface area contributed by atoms with Crippen LogP contribution in [0.5, 0.6) is 5.75 Å². The van der Waals surface area contributed by atoms with E-state index < -0.39 is 24.5 Å². The molecule has 0 aromatic heterocycles. The molecule has 1 aromatic rings. The number of amides is 1. The summed E-state index contributed by atoms with van der Waals surface area (Å²) in [6.07, 6.45) is -4.48. The molecule has 1 aliphatic heterocycles. The molecule has 2 rings (SSSR count). The lowest BCUT2D eigenvalue weighted by Gasteiger charge is -2.23. The van der Waals surface area contributed by atoms with Crippen molar-refractivity contribution >= 4 is 11.6 Å². The summed E-state index contributed by atoms with van der Waals surface area (Å²) in [5, 5.41) is 5.51. The number of nitrogens with one attached hydrogen (secondary N) is 2. The lowest BCUT2D eigenvalue weighted by atomic mass is 10.2. The minimum Gasteiger partial charge on any atom is -0.482 e. The summed E-state index contributed by atoms with van der Waals surface area (Å²) in [5.41, 5.74) is -0.0163. The highest BCUT2D eigenvalue weighted by Crippen LogP contribution is 2.27. The molecule has 1 aromatic carbocycles. The van der Waals surface area contributed by atoms with Gasteiger partial charge in [-0.3, -0.25) is 4.79 Å². The summed E-state index contributed by atoms with van der Waals surface area (Å²) in [5.74, 6) is -1.57. The Morgan fingerprint density at radius 1 is 1.43 bits per heavy atom. The largest absolute Gasteiger partial charge is 0.482 e. The van der Waals surface area contributed by atoms with Gasteiger partial charge in [-0.25, -0.2) is 4.39 Å². The number of hydrogen-bond donors (Lipinski definition) is 2. The number of carbonyl (C=O) groups excluding carboxylic acids is 1. The average molecular weight is 336 g/mol. The first kappa shape index (κ1) is 17.5. The fraction of sp³-hybridized carbons (Fsp3) is 0.500. The van der Waals surface area contributed by atoms with E-state index in [4.69, 9.17) is 4.74 Å². The molecule has 128 valence electrons. The molecule has 1 aliphatic rings. The number of ether oxygens (including phenoxy) is 2. The van der Waals surface area contributed by atoms with Crippen LogP contribution < -0.4 is 15.4 Å². The van der Waals surface area contributed by atoms with Gasteiger partial charge in [-0.05, 0) is 12.1 Å². The van der Waals surface area contributed by atoms with Crippen LogP contribution in [-0.4, -0.2) is 44.5 Å². The van der Waals surface area contributed by atoms with Crippen LogP contribution in [0.15, 0.2) is 18.2 Å². The Bertz CT molecular complexity index is 545. The first-order valence-corrected chi connectivity index (χ1v) is 6.93. The molecule has 0 spiro atoms. The second kappa shape index (κ2) is 7.60. The van der Waals surface area contributed by atoms with E-state index in [1.54, 1.807) is 0 Å². The second-order valence-electron chi connectivity index (χ2n) is 5.02. The molecule has 0 aliphatic carbocycles. The Balaban J connectivity index is 1.98. The molecule has 5 nitrogen and oxygen atoms in total. The van der Waals surface area contributed by atoms with Gasteiger partial charge in [-0.15, -0.1) is 0 Å². The maximum Gasteiger partial charge on any atom is 0.422 e. The standard InChI is InChI=1S/C14H16F4N2O3/c15-9-1-2-11(12(5-9)23-8-14(16,17)18)20-13(21)6-10-7-22-4-3-19-10/h1-2,5,10,19H,3-4,6-8H2,(H,20,21). The third kappa shape index (κ3) is 6.03. The van der Waals surface area contributed by atoms with E-state index in [1.165, 1.54) is 0 Å². The van der Waals surface area contributed by atoms with Crippen LogP contribution in [0.2, 0.25) is 0 Å². The van der Waals surface area contributed by atoms with Gasteiger partial charge < -0.3 is 20.1 Å². The number of rotatable bonds is 5. The predicted molar refractivity (Wildman–Crippen MR) is 73.8 cm³/mol. The fourth-order valence-electron chi connectivity index (χ4n) is 2.05. The van der Waals surface area contributed by atoms with Crippen molar-refractivity contribution in [2.45, 2.75) is 18.6 Å². The molecule has 1 saturated heterocycles. The zero-order valence-electron chi connectivity index (χ0n) is 12.1. The van der Waals surface area contributed by atoms with Crippen LogP contribution in [0, 0.1) is 5.82 Å². The number of benzene rings is 1. The molecule has 1 unspecified atom stereocenters. The second-order valence-corrected chi connectivity index (χ2v) is 5.02. The summed E-state index contributed by atoms with van der Waals surface area (Å²) in [7, 11) is 0. The first-order valence-electron chi connectivity index (χ1n) is 6.93. The third-order valence-electron chi connectivity index (χ3n) is 3.04. The van der Waals surface area contributed by atoms with Crippen molar-refractivity contribution in [3.63, 3.8) is 0 Å². The topological polar surface area (TPSA) is 59.6 Å².